The molecule has 5 aromatic rings. The molecule has 0 radical (unpaired) electrons. The second-order valence-corrected chi connectivity index (χ2v) is 8.51. The zero-order valence-electron chi connectivity index (χ0n) is 17.9. The Labute approximate surface area is 194 Å². The molecule has 1 unspecified atom stereocenters. The number of fused-ring (bicyclic) bond motifs is 1. The summed E-state index contributed by atoms with van der Waals surface area (Å²) >= 11 is 1.34. The van der Waals surface area contributed by atoms with Crippen molar-refractivity contribution in [3.63, 3.8) is 0 Å². The van der Waals surface area contributed by atoms with E-state index in [-0.39, 0.29) is 17.7 Å². The van der Waals surface area contributed by atoms with Gasteiger partial charge in [-0.15, -0.1) is 10.2 Å². The van der Waals surface area contributed by atoms with Crippen LogP contribution in [0.3, 0.4) is 0 Å². The van der Waals surface area contributed by atoms with Crippen molar-refractivity contribution >= 4 is 28.7 Å². The predicted molar refractivity (Wildman–Crippen MR) is 127 cm³/mol. The molecule has 0 fully saturated rings. The molecular weight excluding hydrogens is 436 g/mol. The van der Waals surface area contributed by atoms with Gasteiger partial charge in [-0.2, -0.15) is 0 Å². The van der Waals surface area contributed by atoms with Gasteiger partial charge in [0.15, 0.2) is 10.9 Å². The largest absolute Gasteiger partial charge is 0.461 e. The number of nitrogens with zero attached hydrogens (tertiary/aromatic N) is 4. The van der Waals surface area contributed by atoms with Gasteiger partial charge in [0.1, 0.15) is 5.82 Å². The highest BCUT2D eigenvalue weighted by molar-refractivity contribution is 7.99. The molecule has 0 aliphatic rings. The van der Waals surface area contributed by atoms with Crippen LogP contribution in [0, 0.1) is 0 Å². The lowest BCUT2D eigenvalue weighted by Gasteiger charge is -2.12. The number of nitrogens with one attached hydrogen (secondary N) is 2. The number of hydrogen-bond acceptors (Lipinski definition) is 6. The molecule has 3 heterocycles. The van der Waals surface area contributed by atoms with Crippen molar-refractivity contribution in [3.05, 3.63) is 84.4 Å². The van der Waals surface area contributed by atoms with E-state index < -0.39 is 0 Å². The smallest absolute Gasteiger partial charge is 0.231 e. The number of carbonyl (C=O) groups is 1. The van der Waals surface area contributed by atoms with Crippen molar-refractivity contribution in [3.8, 4) is 11.6 Å². The molecule has 0 saturated heterocycles. The Bertz CT molecular complexity index is 1330. The van der Waals surface area contributed by atoms with Gasteiger partial charge in [0.2, 0.25) is 11.7 Å². The summed E-state index contributed by atoms with van der Waals surface area (Å²) in [6.07, 6.45) is 1.61. The van der Waals surface area contributed by atoms with Crippen LogP contribution in [0.15, 0.2) is 82.6 Å². The van der Waals surface area contributed by atoms with E-state index in [2.05, 4.69) is 25.5 Å². The van der Waals surface area contributed by atoms with Crippen LogP contribution in [0.25, 0.3) is 22.6 Å². The number of amides is 1. The fourth-order valence-corrected chi connectivity index (χ4v) is 4.30. The first kappa shape index (κ1) is 21.0. The van der Waals surface area contributed by atoms with Crippen LogP contribution < -0.4 is 5.32 Å². The summed E-state index contributed by atoms with van der Waals surface area (Å²) in [5, 5.41) is 12.3. The maximum absolute atomic E-state index is 12.7. The van der Waals surface area contributed by atoms with Crippen LogP contribution >= 0.6 is 11.8 Å². The zero-order valence-corrected chi connectivity index (χ0v) is 18.7. The topological polar surface area (TPSA) is 102 Å². The highest BCUT2D eigenvalue weighted by Crippen LogP contribution is 2.25. The average molecular weight is 459 g/mol. The Balaban J connectivity index is 1.29. The molecule has 8 nitrogen and oxygen atoms in total. The number of hydrogen-bond donors (Lipinski definition) is 2. The van der Waals surface area contributed by atoms with E-state index in [0.29, 0.717) is 23.3 Å². The van der Waals surface area contributed by atoms with Crippen LogP contribution in [0.1, 0.15) is 24.4 Å². The summed E-state index contributed by atoms with van der Waals surface area (Å²) in [4.78, 5) is 20.5. The number of thioether (sulfide) groups is 1. The van der Waals surface area contributed by atoms with E-state index in [1.807, 2.05) is 78.2 Å². The third-order valence-electron chi connectivity index (χ3n) is 5.17. The normalized spacial score (nSPS) is 12.2. The second kappa shape index (κ2) is 9.33. The molecule has 1 atom stereocenters. The second-order valence-electron chi connectivity index (χ2n) is 7.57. The molecule has 0 saturated carbocycles. The SMILES string of the molecule is CC(NC(=O)CSc1nnc(-c2ccco2)n1Cc1ccccc1)c1nc2ccccc2[nH]1. The van der Waals surface area contributed by atoms with E-state index in [9.17, 15) is 4.79 Å². The fraction of sp³-hybridized carbons (Fsp3) is 0.167. The number of rotatable bonds is 8. The van der Waals surface area contributed by atoms with Gasteiger partial charge in [-0.1, -0.05) is 54.2 Å². The van der Waals surface area contributed by atoms with E-state index >= 15 is 0 Å². The van der Waals surface area contributed by atoms with Gasteiger partial charge in [0, 0.05) is 0 Å². The number of aromatic amines is 1. The number of carbonyl (C=O) groups excluding carboxylic acids is 1. The lowest BCUT2D eigenvalue weighted by atomic mass is 10.2. The Morgan fingerprint density at radius 3 is 2.70 bits per heavy atom. The zero-order chi connectivity index (χ0) is 22.6. The molecule has 1 amide bonds. The molecule has 166 valence electrons. The molecule has 0 spiro atoms. The van der Waals surface area contributed by atoms with Crippen molar-refractivity contribution in [1.29, 1.82) is 0 Å². The Kier molecular flexibility index (Phi) is 5.95. The van der Waals surface area contributed by atoms with Gasteiger partial charge in [0.25, 0.3) is 0 Å². The van der Waals surface area contributed by atoms with Crippen LogP contribution in [-0.4, -0.2) is 36.4 Å². The summed E-state index contributed by atoms with van der Waals surface area (Å²) in [7, 11) is 0. The third-order valence-corrected chi connectivity index (χ3v) is 6.14. The summed E-state index contributed by atoms with van der Waals surface area (Å²) in [6.45, 7) is 2.48. The maximum atomic E-state index is 12.7. The van der Waals surface area contributed by atoms with Crippen molar-refractivity contribution in [1.82, 2.24) is 30.0 Å². The number of H-pyrrole nitrogens is 1. The lowest BCUT2D eigenvalue weighted by molar-refractivity contribution is -0.119. The average Bonchev–Trinajstić information content (AvgIpc) is 3.58. The molecule has 5 rings (SSSR count). The summed E-state index contributed by atoms with van der Waals surface area (Å²) in [5.41, 5.74) is 2.93. The number of aromatic nitrogens is 5. The van der Waals surface area contributed by atoms with Gasteiger partial charge < -0.3 is 14.7 Å². The molecule has 9 heteroatoms. The first-order valence-electron chi connectivity index (χ1n) is 10.5. The van der Waals surface area contributed by atoms with E-state index in [0.717, 1.165) is 22.4 Å². The van der Waals surface area contributed by atoms with Crippen molar-refractivity contribution < 1.29 is 9.21 Å². The quantitative estimate of drug-likeness (QED) is 0.334. The minimum atomic E-state index is -0.244. The van der Waals surface area contributed by atoms with Gasteiger partial charge in [-0.25, -0.2) is 4.98 Å². The summed E-state index contributed by atoms with van der Waals surface area (Å²) in [6, 6.07) is 21.3. The Hall–Kier alpha value is -3.85. The molecule has 0 aliphatic carbocycles. The van der Waals surface area contributed by atoms with Crippen LogP contribution in [-0.2, 0) is 11.3 Å². The van der Waals surface area contributed by atoms with Crippen LogP contribution in [0.5, 0.6) is 0 Å². The lowest BCUT2D eigenvalue weighted by Crippen LogP contribution is -2.29. The van der Waals surface area contributed by atoms with Crippen LogP contribution in [0.2, 0.25) is 0 Å². The van der Waals surface area contributed by atoms with Crippen molar-refractivity contribution in [2.75, 3.05) is 5.75 Å². The molecule has 33 heavy (non-hydrogen) atoms. The van der Waals surface area contributed by atoms with Crippen molar-refractivity contribution in [2.24, 2.45) is 0 Å². The minimum absolute atomic E-state index is 0.109. The summed E-state index contributed by atoms with van der Waals surface area (Å²) in [5.74, 6) is 2.08. The third kappa shape index (κ3) is 4.68. The molecule has 2 aromatic carbocycles. The highest BCUT2D eigenvalue weighted by atomic mass is 32.2. The van der Waals surface area contributed by atoms with Gasteiger partial charge >= 0.3 is 0 Å². The van der Waals surface area contributed by atoms with E-state index in [1.54, 1.807) is 6.26 Å². The van der Waals surface area contributed by atoms with E-state index in [1.165, 1.54) is 11.8 Å². The van der Waals surface area contributed by atoms with Crippen molar-refractivity contribution in [2.45, 2.75) is 24.7 Å². The highest BCUT2D eigenvalue weighted by Gasteiger charge is 2.19. The summed E-state index contributed by atoms with van der Waals surface area (Å²) < 4.78 is 7.51. The molecule has 3 aromatic heterocycles. The van der Waals surface area contributed by atoms with Gasteiger partial charge in [-0.05, 0) is 36.8 Å². The monoisotopic (exact) mass is 458 g/mol. The van der Waals surface area contributed by atoms with Gasteiger partial charge in [-0.3, -0.25) is 9.36 Å². The maximum Gasteiger partial charge on any atom is 0.231 e. The molecular formula is C24H22N6O2S. The van der Waals surface area contributed by atoms with Crippen LogP contribution in [0.4, 0.5) is 0 Å². The first-order chi connectivity index (χ1) is 16.2. The first-order valence-corrected chi connectivity index (χ1v) is 11.5. The Morgan fingerprint density at radius 2 is 1.91 bits per heavy atom. The predicted octanol–water partition coefficient (Wildman–Crippen LogP) is 4.43. The molecule has 2 N–H and O–H groups in total. The van der Waals surface area contributed by atoms with Gasteiger partial charge in [0.05, 0.1) is 35.6 Å². The minimum Gasteiger partial charge on any atom is -0.461 e. The molecule has 0 aliphatic heterocycles. The standard InChI is InChI=1S/C24H22N6O2S/c1-16(22-26-18-10-5-6-11-19(18)27-22)25-21(31)15-33-24-29-28-23(20-12-7-13-32-20)30(24)14-17-8-3-2-4-9-17/h2-13,16H,14-15H2,1H3,(H,25,31)(H,26,27). The van der Waals surface area contributed by atoms with E-state index in [4.69, 9.17) is 4.42 Å². The number of para-hydroxylation sites is 2. The number of furan rings is 1. The number of benzene rings is 2. The number of imidazole rings is 1. The fourth-order valence-electron chi connectivity index (χ4n) is 3.55. The molecule has 0 bridgehead atoms. The Morgan fingerprint density at radius 1 is 1.09 bits per heavy atom.